The van der Waals surface area contributed by atoms with Gasteiger partial charge in [-0.3, -0.25) is 4.79 Å². The number of aromatic amines is 1. The number of nitrogens with zero attached hydrogens (tertiary/aromatic N) is 1. The molecule has 0 unspecified atom stereocenters. The van der Waals surface area contributed by atoms with Crippen LogP contribution in [0.4, 0.5) is 24.5 Å². The smallest absolute Gasteiger partial charge is 0.397 e. The average molecular weight is 294 g/mol. The fourth-order valence-corrected chi connectivity index (χ4v) is 1.65. The van der Waals surface area contributed by atoms with Crippen LogP contribution in [-0.2, 0) is 6.18 Å². The number of alkyl halides is 3. The van der Waals surface area contributed by atoms with Crippen molar-refractivity contribution in [3.63, 3.8) is 0 Å². The quantitative estimate of drug-likeness (QED) is 0.794. The van der Waals surface area contributed by atoms with Gasteiger partial charge in [-0.2, -0.15) is 18.4 Å². The first-order chi connectivity index (χ1) is 9.81. The monoisotopic (exact) mass is 294 g/mol. The summed E-state index contributed by atoms with van der Waals surface area (Å²) in [5.74, 6) is -0.608. The Labute approximate surface area is 117 Å². The number of carbonyl (C=O) groups excluding carboxylic acids is 1. The lowest BCUT2D eigenvalue weighted by molar-refractivity contribution is -0.137. The molecule has 1 heterocycles. The number of rotatable bonds is 2. The molecule has 0 radical (unpaired) electrons. The molecule has 0 spiro atoms. The largest absolute Gasteiger partial charge is 0.416 e. The summed E-state index contributed by atoms with van der Waals surface area (Å²) in [6.07, 6.45) is -3.16. The van der Waals surface area contributed by atoms with E-state index in [1.54, 1.807) is 6.07 Å². The van der Waals surface area contributed by atoms with Crippen LogP contribution in [0.1, 0.15) is 21.6 Å². The van der Waals surface area contributed by atoms with Gasteiger partial charge in [0.05, 0.1) is 16.8 Å². The van der Waals surface area contributed by atoms with Gasteiger partial charge in [-0.15, -0.1) is 0 Å². The maximum absolute atomic E-state index is 12.6. The molecule has 0 aliphatic rings. The number of H-pyrrole nitrogens is 1. The number of carbonyl (C=O) groups is 1. The van der Waals surface area contributed by atoms with E-state index < -0.39 is 17.6 Å². The molecule has 1 amide bonds. The Morgan fingerprint density at radius 2 is 2.05 bits per heavy atom. The fraction of sp³-hybridized carbons (Fsp3) is 0.0769. The average Bonchev–Trinajstić information content (AvgIpc) is 2.84. The molecule has 21 heavy (non-hydrogen) atoms. The standard InChI is InChI=1S/C13H9F3N4O/c14-13(15,16)8-1-2-10(7(3-8)5-17)20-12(21)11-4-9(18)6-19-11/h1-4,6,19H,18H2,(H,20,21). The SMILES string of the molecule is N#Cc1cc(C(F)(F)F)ccc1NC(=O)c1cc(N)c[nH]1. The van der Waals surface area contributed by atoms with Crippen molar-refractivity contribution in [2.45, 2.75) is 6.18 Å². The number of aromatic nitrogens is 1. The van der Waals surface area contributed by atoms with E-state index in [-0.39, 0.29) is 16.9 Å². The summed E-state index contributed by atoms with van der Waals surface area (Å²) in [6.45, 7) is 0. The first-order valence-corrected chi connectivity index (χ1v) is 5.68. The summed E-state index contributed by atoms with van der Waals surface area (Å²) in [5, 5.41) is 11.3. The van der Waals surface area contributed by atoms with Gasteiger partial charge in [0.15, 0.2) is 0 Å². The molecule has 0 aliphatic heterocycles. The van der Waals surface area contributed by atoms with Crippen molar-refractivity contribution in [3.8, 4) is 6.07 Å². The maximum atomic E-state index is 12.6. The van der Waals surface area contributed by atoms with Crippen molar-refractivity contribution in [2.75, 3.05) is 11.1 Å². The van der Waals surface area contributed by atoms with Crippen molar-refractivity contribution in [3.05, 3.63) is 47.3 Å². The molecule has 0 saturated carbocycles. The van der Waals surface area contributed by atoms with Crippen molar-refractivity contribution in [1.82, 2.24) is 4.98 Å². The van der Waals surface area contributed by atoms with Crippen molar-refractivity contribution in [2.24, 2.45) is 0 Å². The lowest BCUT2D eigenvalue weighted by Crippen LogP contribution is -2.14. The molecule has 0 aliphatic carbocycles. The number of hydrogen-bond acceptors (Lipinski definition) is 3. The van der Waals surface area contributed by atoms with Gasteiger partial charge in [0.25, 0.3) is 5.91 Å². The minimum absolute atomic E-state index is 0.0105. The summed E-state index contributed by atoms with van der Waals surface area (Å²) in [4.78, 5) is 14.4. The number of halogens is 3. The number of nitriles is 1. The highest BCUT2D eigenvalue weighted by Crippen LogP contribution is 2.31. The zero-order chi connectivity index (χ0) is 15.6. The van der Waals surface area contributed by atoms with Gasteiger partial charge >= 0.3 is 6.18 Å². The molecular formula is C13H9F3N4O. The van der Waals surface area contributed by atoms with Crippen molar-refractivity contribution >= 4 is 17.3 Å². The molecule has 0 bridgehead atoms. The minimum Gasteiger partial charge on any atom is -0.397 e. The van der Waals surface area contributed by atoms with Crippen LogP contribution in [-0.4, -0.2) is 10.9 Å². The molecule has 0 fully saturated rings. The first kappa shape index (κ1) is 14.5. The van der Waals surface area contributed by atoms with Gasteiger partial charge in [-0.25, -0.2) is 0 Å². The highest BCUT2D eigenvalue weighted by molar-refractivity contribution is 6.04. The van der Waals surface area contributed by atoms with E-state index in [2.05, 4.69) is 10.3 Å². The molecule has 8 heteroatoms. The van der Waals surface area contributed by atoms with Crippen LogP contribution in [0.25, 0.3) is 0 Å². The Kier molecular flexibility index (Phi) is 3.58. The van der Waals surface area contributed by atoms with Gasteiger partial charge in [0.1, 0.15) is 11.8 Å². The Morgan fingerprint density at radius 3 is 2.57 bits per heavy atom. The maximum Gasteiger partial charge on any atom is 0.416 e. The number of hydrogen-bond donors (Lipinski definition) is 3. The number of nitrogens with one attached hydrogen (secondary N) is 2. The van der Waals surface area contributed by atoms with Crippen LogP contribution in [0.5, 0.6) is 0 Å². The van der Waals surface area contributed by atoms with E-state index >= 15 is 0 Å². The van der Waals surface area contributed by atoms with Gasteiger partial charge < -0.3 is 16.0 Å². The fourth-order valence-electron chi connectivity index (χ4n) is 1.65. The summed E-state index contributed by atoms with van der Waals surface area (Å²) in [6, 6.07) is 5.49. The second kappa shape index (κ2) is 5.20. The highest BCUT2D eigenvalue weighted by Gasteiger charge is 2.31. The molecule has 0 saturated heterocycles. The highest BCUT2D eigenvalue weighted by atomic mass is 19.4. The van der Waals surface area contributed by atoms with E-state index in [1.165, 1.54) is 12.3 Å². The topological polar surface area (TPSA) is 94.7 Å². The Balaban J connectivity index is 2.29. The van der Waals surface area contributed by atoms with Gasteiger partial charge in [0.2, 0.25) is 0 Å². The molecule has 4 N–H and O–H groups in total. The molecule has 1 aromatic heterocycles. The van der Waals surface area contributed by atoms with E-state index in [0.717, 1.165) is 12.1 Å². The third-order valence-corrected chi connectivity index (χ3v) is 2.67. The number of nitrogens with two attached hydrogens (primary N) is 1. The van der Waals surface area contributed by atoms with Crippen LogP contribution in [0.2, 0.25) is 0 Å². The van der Waals surface area contributed by atoms with Crippen molar-refractivity contribution in [1.29, 1.82) is 5.26 Å². The molecule has 1 aromatic carbocycles. The van der Waals surface area contributed by atoms with E-state index in [1.807, 2.05) is 0 Å². The van der Waals surface area contributed by atoms with Gasteiger partial charge in [-0.05, 0) is 24.3 Å². The van der Waals surface area contributed by atoms with Crippen LogP contribution in [0.3, 0.4) is 0 Å². The van der Waals surface area contributed by atoms with Crippen LogP contribution in [0.15, 0.2) is 30.5 Å². The number of anilines is 2. The minimum atomic E-state index is -4.55. The third-order valence-electron chi connectivity index (χ3n) is 2.67. The summed E-state index contributed by atoms with van der Waals surface area (Å²) >= 11 is 0. The predicted octanol–water partition coefficient (Wildman–Crippen LogP) is 2.74. The second-order valence-corrected chi connectivity index (χ2v) is 4.17. The Bertz CT molecular complexity index is 728. The number of benzene rings is 1. The zero-order valence-electron chi connectivity index (χ0n) is 10.5. The summed E-state index contributed by atoms with van der Waals surface area (Å²) in [7, 11) is 0. The molecule has 5 nitrogen and oxygen atoms in total. The van der Waals surface area contributed by atoms with E-state index in [9.17, 15) is 18.0 Å². The number of amides is 1. The van der Waals surface area contributed by atoms with Gasteiger partial charge in [0, 0.05) is 11.9 Å². The zero-order valence-corrected chi connectivity index (χ0v) is 10.5. The van der Waals surface area contributed by atoms with E-state index in [4.69, 9.17) is 11.0 Å². The van der Waals surface area contributed by atoms with Crippen LogP contribution < -0.4 is 11.1 Å². The Morgan fingerprint density at radius 1 is 1.33 bits per heavy atom. The summed E-state index contributed by atoms with van der Waals surface area (Å²) < 4.78 is 37.7. The van der Waals surface area contributed by atoms with Crippen molar-refractivity contribution < 1.29 is 18.0 Å². The lowest BCUT2D eigenvalue weighted by Gasteiger charge is -2.10. The van der Waals surface area contributed by atoms with Crippen LogP contribution in [0, 0.1) is 11.3 Å². The molecule has 2 aromatic rings. The van der Waals surface area contributed by atoms with Gasteiger partial charge in [-0.1, -0.05) is 0 Å². The lowest BCUT2D eigenvalue weighted by atomic mass is 10.1. The van der Waals surface area contributed by atoms with E-state index in [0.29, 0.717) is 11.8 Å². The predicted molar refractivity (Wildman–Crippen MR) is 69.3 cm³/mol. The first-order valence-electron chi connectivity index (χ1n) is 5.68. The van der Waals surface area contributed by atoms with Crippen LogP contribution >= 0.6 is 0 Å². The third kappa shape index (κ3) is 3.14. The Hall–Kier alpha value is -2.95. The molecule has 108 valence electrons. The molecule has 2 rings (SSSR count). The normalized spacial score (nSPS) is 11.0. The second-order valence-electron chi connectivity index (χ2n) is 4.17. The number of nitrogen functional groups attached to an aromatic ring is 1. The summed E-state index contributed by atoms with van der Waals surface area (Å²) in [5.41, 5.74) is 4.67. The molecular weight excluding hydrogens is 285 g/mol. The molecule has 0 atom stereocenters.